The van der Waals surface area contributed by atoms with Gasteiger partial charge in [0.05, 0.1) is 0 Å². The van der Waals surface area contributed by atoms with Gasteiger partial charge in [-0.05, 0) is 45.1 Å². The molecular weight excluding hydrogens is 178 g/mol. The topological polar surface area (TPSA) is 43.7 Å². The molecule has 0 aromatic heterocycles. The van der Waals surface area contributed by atoms with Crippen LogP contribution in [0.5, 0.6) is 11.5 Å². The first-order valence-corrected chi connectivity index (χ1v) is 4.59. The summed E-state index contributed by atoms with van der Waals surface area (Å²) >= 11 is 0. The number of aromatic hydroxyl groups is 2. The molecule has 0 amide bonds. The molecule has 3 nitrogen and oxygen atoms in total. The molecule has 0 saturated carbocycles. The zero-order chi connectivity index (χ0) is 10.9. The minimum Gasteiger partial charge on any atom is -0.508 e. The summed E-state index contributed by atoms with van der Waals surface area (Å²) in [5.41, 5.74) is 2.26. The fourth-order valence-corrected chi connectivity index (χ4v) is 1.51. The highest BCUT2D eigenvalue weighted by Gasteiger charge is 2.12. The van der Waals surface area contributed by atoms with Gasteiger partial charge >= 0.3 is 0 Å². The summed E-state index contributed by atoms with van der Waals surface area (Å²) in [7, 11) is 3.85. The van der Waals surface area contributed by atoms with E-state index in [1.807, 2.05) is 25.9 Å². The van der Waals surface area contributed by atoms with E-state index < -0.39 is 0 Å². The van der Waals surface area contributed by atoms with Gasteiger partial charge in [-0.3, -0.25) is 0 Å². The van der Waals surface area contributed by atoms with Crippen LogP contribution < -0.4 is 0 Å². The molecule has 1 aromatic rings. The smallest absolute Gasteiger partial charge is 0.121 e. The van der Waals surface area contributed by atoms with Gasteiger partial charge in [-0.1, -0.05) is 0 Å². The minimum atomic E-state index is 0.256. The van der Waals surface area contributed by atoms with Crippen LogP contribution in [-0.4, -0.2) is 29.2 Å². The van der Waals surface area contributed by atoms with E-state index >= 15 is 0 Å². The van der Waals surface area contributed by atoms with Gasteiger partial charge in [0.1, 0.15) is 11.5 Å². The molecule has 0 atom stereocenters. The number of benzene rings is 1. The number of rotatable bonds is 2. The SMILES string of the molecule is Cc1cc(O)c(CN(C)C)c(C)c1O. The van der Waals surface area contributed by atoms with E-state index in [9.17, 15) is 10.2 Å². The van der Waals surface area contributed by atoms with Crippen LogP contribution in [0.4, 0.5) is 0 Å². The lowest BCUT2D eigenvalue weighted by Gasteiger charge is -2.16. The minimum absolute atomic E-state index is 0.256. The lowest BCUT2D eigenvalue weighted by Crippen LogP contribution is -2.12. The molecule has 0 spiro atoms. The highest BCUT2D eigenvalue weighted by atomic mass is 16.3. The van der Waals surface area contributed by atoms with Gasteiger partial charge < -0.3 is 15.1 Å². The van der Waals surface area contributed by atoms with Crippen LogP contribution >= 0.6 is 0 Å². The van der Waals surface area contributed by atoms with E-state index in [2.05, 4.69) is 0 Å². The maximum absolute atomic E-state index is 9.71. The monoisotopic (exact) mass is 195 g/mol. The summed E-state index contributed by atoms with van der Waals surface area (Å²) in [4.78, 5) is 1.96. The number of nitrogens with zero attached hydrogens (tertiary/aromatic N) is 1. The van der Waals surface area contributed by atoms with Gasteiger partial charge in [0.25, 0.3) is 0 Å². The normalized spacial score (nSPS) is 10.9. The summed E-state index contributed by atoms with van der Waals surface area (Å²) in [6.07, 6.45) is 0. The largest absolute Gasteiger partial charge is 0.508 e. The molecule has 0 fully saturated rings. The maximum atomic E-state index is 9.71. The quantitative estimate of drug-likeness (QED) is 0.707. The van der Waals surface area contributed by atoms with Crippen molar-refractivity contribution in [3.05, 3.63) is 22.8 Å². The van der Waals surface area contributed by atoms with E-state index in [0.717, 1.165) is 11.1 Å². The Labute approximate surface area is 84.6 Å². The second kappa shape index (κ2) is 3.88. The van der Waals surface area contributed by atoms with Crippen molar-refractivity contribution in [1.82, 2.24) is 4.90 Å². The molecule has 0 radical (unpaired) electrons. The Balaban J connectivity index is 3.22. The zero-order valence-corrected chi connectivity index (χ0v) is 9.13. The molecule has 0 unspecified atom stereocenters. The third-order valence-electron chi connectivity index (χ3n) is 2.32. The van der Waals surface area contributed by atoms with Gasteiger partial charge in [0.15, 0.2) is 0 Å². The molecule has 0 heterocycles. The first-order valence-electron chi connectivity index (χ1n) is 4.59. The Hall–Kier alpha value is -1.22. The van der Waals surface area contributed by atoms with Crippen molar-refractivity contribution in [1.29, 1.82) is 0 Å². The average Bonchev–Trinajstić information content (AvgIpc) is 2.09. The first-order chi connectivity index (χ1) is 6.43. The Kier molecular flexibility index (Phi) is 3.01. The summed E-state index contributed by atoms with van der Waals surface area (Å²) in [6, 6.07) is 1.60. The van der Waals surface area contributed by atoms with Crippen molar-refractivity contribution in [3.8, 4) is 11.5 Å². The highest BCUT2D eigenvalue weighted by Crippen LogP contribution is 2.32. The van der Waals surface area contributed by atoms with Crippen LogP contribution in [-0.2, 0) is 6.54 Å². The second-order valence-corrected chi connectivity index (χ2v) is 3.90. The molecule has 0 aliphatic rings. The van der Waals surface area contributed by atoms with Crippen molar-refractivity contribution in [2.24, 2.45) is 0 Å². The summed E-state index contributed by atoms with van der Waals surface area (Å²) in [6.45, 7) is 4.23. The zero-order valence-electron chi connectivity index (χ0n) is 9.13. The molecule has 3 heteroatoms. The first kappa shape index (κ1) is 10.9. The molecule has 1 aromatic carbocycles. The Morgan fingerprint density at radius 1 is 1.21 bits per heavy atom. The Bertz CT molecular complexity index is 346. The fourth-order valence-electron chi connectivity index (χ4n) is 1.51. The van der Waals surface area contributed by atoms with Crippen molar-refractivity contribution < 1.29 is 10.2 Å². The van der Waals surface area contributed by atoms with Gasteiger partial charge in [-0.25, -0.2) is 0 Å². The third kappa shape index (κ3) is 1.99. The van der Waals surface area contributed by atoms with Crippen molar-refractivity contribution >= 4 is 0 Å². The van der Waals surface area contributed by atoms with E-state index in [1.54, 1.807) is 13.0 Å². The molecule has 0 aliphatic heterocycles. The van der Waals surface area contributed by atoms with Crippen LogP contribution in [0.1, 0.15) is 16.7 Å². The van der Waals surface area contributed by atoms with Crippen molar-refractivity contribution in [3.63, 3.8) is 0 Å². The van der Waals surface area contributed by atoms with Gasteiger partial charge in [0, 0.05) is 12.1 Å². The number of phenolic OH excluding ortho intramolecular Hbond substituents is 2. The molecule has 0 saturated heterocycles. The van der Waals surface area contributed by atoms with Crippen molar-refractivity contribution in [2.75, 3.05) is 14.1 Å². The van der Waals surface area contributed by atoms with Gasteiger partial charge in [-0.15, -0.1) is 0 Å². The van der Waals surface area contributed by atoms with E-state index in [0.29, 0.717) is 12.1 Å². The van der Waals surface area contributed by atoms with Crippen LogP contribution in [0, 0.1) is 13.8 Å². The number of phenols is 2. The lowest BCUT2D eigenvalue weighted by molar-refractivity contribution is 0.380. The number of hydrogen-bond donors (Lipinski definition) is 2. The van der Waals surface area contributed by atoms with E-state index in [4.69, 9.17) is 0 Å². The molecular formula is C11H17NO2. The van der Waals surface area contributed by atoms with Crippen molar-refractivity contribution in [2.45, 2.75) is 20.4 Å². The highest BCUT2D eigenvalue weighted by molar-refractivity contribution is 5.51. The second-order valence-electron chi connectivity index (χ2n) is 3.90. The predicted octanol–water partition coefficient (Wildman–Crippen LogP) is 1.78. The molecule has 2 N–H and O–H groups in total. The van der Waals surface area contributed by atoms with Gasteiger partial charge in [-0.2, -0.15) is 0 Å². The lowest BCUT2D eigenvalue weighted by atomic mass is 10.0. The molecule has 0 bridgehead atoms. The van der Waals surface area contributed by atoms with Crippen LogP contribution in [0.15, 0.2) is 6.07 Å². The van der Waals surface area contributed by atoms with Crippen LogP contribution in [0.2, 0.25) is 0 Å². The summed E-state index contributed by atoms with van der Waals surface area (Å²) < 4.78 is 0. The number of hydrogen-bond acceptors (Lipinski definition) is 3. The fraction of sp³-hybridized carbons (Fsp3) is 0.455. The molecule has 0 aliphatic carbocycles. The van der Waals surface area contributed by atoms with Crippen LogP contribution in [0.3, 0.4) is 0 Å². The Morgan fingerprint density at radius 2 is 1.79 bits per heavy atom. The third-order valence-corrected chi connectivity index (χ3v) is 2.32. The molecule has 1 rings (SSSR count). The molecule has 78 valence electrons. The number of aryl methyl sites for hydroxylation is 1. The van der Waals surface area contributed by atoms with Crippen LogP contribution in [0.25, 0.3) is 0 Å². The van der Waals surface area contributed by atoms with E-state index in [-0.39, 0.29) is 11.5 Å². The summed E-state index contributed by atoms with van der Waals surface area (Å²) in [5, 5.41) is 19.4. The summed E-state index contributed by atoms with van der Waals surface area (Å²) in [5.74, 6) is 0.533. The predicted molar refractivity (Wildman–Crippen MR) is 56.6 cm³/mol. The van der Waals surface area contributed by atoms with E-state index in [1.165, 1.54) is 0 Å². The average molecular weight is 195 g/mol. The maximum Gasteiger partial charge on any atom is 0.121 e. The standard InChI is InChI=1S/C11H17NO2/c1-7-5-10(13)9(6-12(3)4)8(2)11(7)14/h5,13-14H,6H2,1-4H3. The molecule has 14 heavy (non-hydrogen) atoms. The Morgan fingerprint density at radius 3 is 2.29 bits per heavy atom. The van der Waals surface area contributed by atoms with Gasteiger partial charge in [0.2, 0.25) is 0 Å².